The first kappa shape index (κ1) is 18.2. The lowest BCUT2D eigenvalue weighted by atomic mass is 9.79. The minimum absolute atomic E-state index is 0.207. The molecule has 1 saturated carbocycles. The van der Waals surface area contributed by atoms with Crippen LogP contribution in [0.25, 0.3) is 0 Å². The van der Waals surface area contributed by atoms with Gasteiger partial charge in [-0.25, -0.2) is 0 Å². The standard InChI is InChI=1S/C21H32N2O2/c1-2-3-5-17-7-9-18(10-8-17)21(24)23-14-11-19(12-15-23)25-20-6-4-13-22-16-20/h4,6,13,16-19H,2-3,5,7-12,14-15H2,1H3. The fraction of sp³-hybridized carbons (Fsp3) is 0.714. The normalized spacial score (nSPS) is 24.9. The van der Waals surface area contributed by atoms with Crippen molar-refractivity contribution < 1.29 is 9.53 Å². The monoisotopic (exact) mass is 344 g/mol. The zero-order chi connectivity index (χ0) is 17.5. The molecule has 138 valence electrons. The zero-order valence-corrected chi connectivity index (χ0v) is 15.5. The Balaban J connectivity index is 1.40. The number of piperidine rings is 1. The zero-order valence-electron chi connectivity index (χ0n) is 15.5. The van der Waals surface area contributed by atoms with E-state index in [1.54, 1.807) is 12.4 Å². The van der Waals surface area contributed by atoms with E-state index in [2.05, 4.69) is 16.8 Å². The Hall–Kier alpha value is -1.58. The Bertz CT molecular complexity index is 518. The average molecular weight is 344 g/mol. The molecule has 0 atom stereocenters. The summed E-state index contributed by atoms with van der Waals surface area (Å²) in [6.45, 7) is 3.93. The number of carbonyl (C=O) groups excluding carboxylic acids is 1. The van der Waals surface area contributed by atoms with Gasteiger partial charge in [-0.2, -0.15) is 0 Å². The van der Waals surface area contributed by atoms with Gasteiger partial charge in [0, 0.05) is 38.0 Å². The van der Waals surface area contributed by atoms with Gasteiger partial charge in [-0.05, 0) is 43.7 Å². The van der Waals surface area contributed by atoms with Crippen molar-refractivity contribution in [2.75, 3.05) is 13.1 Å². The number of ether oxygens (including phenoxy) is 1. The molecule has 0 radical (unpaired) electrons. The van der Waals surface area contributed by atoms with E-state index in [1.165, 1.54) is 32.1 Å². The Morgan fingerprint density at radius 2 is 1.96 bits per heavy atom. The van der Waals surface area contributed by atoms with Crippen LogP contribution in [0.15, 0.2) is 24.5 Å². The van der Waals surface area contributed by atoms with Crippen LogP contribution in [-0.2, 0) is 4.79 Å². The predicted octanol–water partition coefficient (Wildman–Crippen LogP) is 4.45. The van der Waals surface area contributed by atoms with Gasteiger partial charge in [0.25, 0.3) is 0 Å². The summed E-state index contributed by atoms with van der Waals surface area (Å²) >= 11 is 0. The van der Waals surface area contributed by atoms with Crippen molar-refractivity contribution in [3.05, 3.63) is 24.5 Å². The van der Waals surface area contributed by atoms with Gasteiger partial charge in [0.15, 0.2) is 0 Å². The highest BCUT2D eigenvalue weighted by Gasteiger charge is 2.31. The number of rotatable bonds is 6. The summed E-state index contributed by atoms with van der Waals surface area (Å²) in [6, 6.07) is 3.84. The van der Waals surface area contributed by atoms with E-state index in [9.17, 15) is 4.79 Å². The molecule has 4 nitrogen and oxygen atoms in total. The Morgan fingerprint density at radius 1 is 1.20 bits per heavy atom. The molecule has 2 fully saturated rings. The highest BCUT2D eigenvalue weighted by molar-refractivity contribution is 5.79. The SMILES string of the molecule is CCCCC1CCC(C(=O)N2CCC(Oc3cccnc3)CC2)CC1. The third-order valence-electron chi connectivity index (χ3n) is 5.85. The molecular formula is C21H32N2O2. The highest BCUT2D eigenvalue weighted by Crippen LogP contribution is 2.33. The first-order valence-corrected chi connectivity index (χ1v) is 10.1. The van der Waals surface area contributed by atoms with Crippen molar-refractivity contribution in [2.45, 2.75) is 70.8 Å². The van der Waals surface area contributed by atoms with E-state index in [1.807, 2.05) is 12.1 Å². The van der Waals surface area contributed by atoms with Crippen LogP contribution in [-0.4, -0.2) is 35.0 Å². The molecule has 1 aliphatic heterocycles. The summed E-state index contributed by atoms with van der Waals surface area (Å²) in [5, 5.41) is 0. The predicted molar refractivity (Wildman–Crippen MR) is 99.4 cm³/mol. The van der Waals surface area contributed by atoms with E-state index in [0.29, 0.717) is 5.91 Å². The summed E-state index contributed by atoms with van der Waals surface area (Å²) in [5.74, 6) is 2.36. The van der Waals surface area contributed by atoms with Crippen LogP contribution >= 0.6 is 0 Å². The molecule has 0 bridgehead atoms. The summed E-state index contributed by atoms with van der Waals surface area (Å²) < 4.78 is 5.98. The minimum atomic E-state index is 0.207. The van der Waals surface area contributed by atoms with Gasteiger partial charge in [0.2, 0.25) is 5.91 Å². The fourth-order valence-corrected chi connectivity index (χ4v) is 4.25. The van der Waals surface area contributed by atoms with Crippen molar-refractivity contribution in [2.24, 2.45) is 11.8 Å². The van der Waals surface area contributed by atoms with Crippen LogP contribution in [0, 0.1) is 11.8 Å². The Labute approximate surface area is 152 Å². The van der Waals surface area contributed by atoms with Crippen molar-refractivity contribution in [1.82, 2.24) is 9.88 Å². The molecule has 3 rings (SSSR count). The van der Waals surface area contributed by atoms with Gasteiger partial charge in [0.05, 0.1) is 6.20 Å². The topological polar surface area (TPSA) is 42.4 Å². The van der Waals surface area contributed by atoms with Crippen LogP contribution in [0.5, 0.6) is 5.75 Å². The molecule has 0 unspecified atom stereocenters. The molecule has 1 saturated heterocycles. The number of carbonyl (C=O) groups is 1. The molecule has 0 aromatic carbocycles. The van der Waals surface area contributed by atoms with Crippen LogP contribution < -0.4 is 4.74 Å². The smallest absolute Gasteiger partial charge is 0.225 e. The summed E-state index contributed by atoms with van der Waals surface area (Å²) in [6.07, 6.45) is 14.2. The minimum Gasteiger partial charge on any atom is -0.489 e. The highest BCUT2D eigenvalue weighted by atomic mass is 16.5. The maximum atomic E-state index is 12.8. The van der Waals surface area contributed by atoms with Crippen molar-refractivity contribution in [3.8, 4) is 5.75 Å². The number of hydrogen-bond acceptors (Lipinski definition) is 3. The van der Waals surface area contributed by atoms with Crippen LogP contribution in [0.1, 0.15) is 64.7 Å². The second-order valence-electron chi connectivity index (χ2n) is 7.69. The molecule has 0 spiro atoms. The summed E-state index contributed by atoms with van der Waals surface area (Å²) in [5.41, 5.74) is 0. The molecule has 0 N–H and O–H groups in total. The van der Waals surface area contributed by atoms with E-state index < -0.39 is 0 Å². The Morgan fingerprint density at radius 3 is 2.60 bits per heavy atom. The van der Waals surface area contributed by atoms with E-state index in [-0.39, 0.29) is 12.0 Å². The largest absolute Gasteiger partial charge is 0.489 e. The van der Waals surface area contributed by atoms with Gasteiger partial charge in [-0.1, -0.05) is 26.2 Å². The first-order chi connectivity index (χ1) is 12.3. The number of aromatic nitrogens is 1. The first-order valence-electron chi connectivity index (χ1n) is 10.1. The second-order valence-corrected chi connectivity index (χ2v) is 7.69. The molecule has 2 aliphatic rings. The van der Waals surface area contributed by atoms with Gasteiger partial charge < -0.3 is 9.64 Å². The van der Waals surface area contributed by atoms with Crippen molar-refractivity contribution in [3.63, 3.8) is 0 Å². The van der Waals surface area contributed by atoms with Crippen molar-refractivity contribution in [1.29, 1.82) is 0 Å². The molecule has 1 aliphatic carbocycles. The number of nitrogens with zero attached hydrogens (tertiary/aromatic N) is 2. The van der Waals surface area contributed by atoms with E-state index >= 15 is 0 Å². The molecule has 1 aromatic heterocycles. The Kier molecular flexibility index (Phi) is 6.71. The quantitative estimate of drug-likeness (QED) is 0.766. The van der Waals surface area contributed by atoms with Gasteiger partial charge in [-0.3, -0.25) is 9.78 Å². The number of pyridine rings is 1. The second kappa shape index (κ2) is 9.21. The molecule has 2 heterocycles. The van der Waals surface area contributed by atoms with Gasteiger partial charge in [0.1, 0.15) is 11.9 Å². The number of amides is 1. The molecule has 1 aromatic rings. The molecular weight excluding hydrogens is 312 g/mol. The summed E-state index contributed by atoms with van der Waals surface area (Å²) in [7, 11) is 0. The van der Waals surface area contributed by atoms with Gasteiger partial charge >= 0.3 is 0 Å². The average Bonchev–Trinajstić information content (AvgIpc) is 2.68. The number of hydrogen-bond donors (Lipinski definition) is 0. The summed E-state index contributed by atoms with van der Waals surface area (Å²) in [4.78, 5) is 19.0. The molecule has 1 amide bonds. The van der Waals surface area contributed by atoms with Crippen LogP contribution in [0.2, 0.25) is 0 Å². The third kappa shape index (κ3) is 5.20. The lowest BCUT2D eigenvalue weighted by molar-refractivity contribution is -0.138. The fourth-order valence-electron chi connectivity index (χ4n) is 4.25. The molecule has 4 heteroatoms. The lowest BCUT2D eigenvalue weighted by Crippen LogP contribution is -2.45. The van der Waals surface area contributed by atoms with Crippen LogP contribution in [0.3, 0.4) is 0 Å². The third-order valence-corrected chi connectivity index (χ3v) is 5.85. The maximum Gasteiger partial charge on any atom is 0.225 e. The van der Waals surface area contributed by atoms with E-state index in [4.69, 9.17) is 4.74 Å². The number of likely N-dealkylation sites (tertiary alicyclic amines) is 1. The van der Waals surface area contributed by atoms with E-state index in [0.717, 1.165) is 50.4 Å². The molecule has 25 heavy (non-hydrogen) atoms. The van der Waals surface area contributed by atoms with Crippen LogP contribution in [0.4, 0.5) is 0 Å². The number of unbranched alkanes of at least 4 members (excludes halogenated alkanes) is 1. The maximum absolute atomic E-state index is 12.8. The lowest BCUT2D eigenvalue weighted by Gasteiger charge is -2.36. The van der Waals surface area contributed by atoms with Crippen molar-refractivity contribution >= 4 is 5.91 Å². The van der Waals surface area contributed by atoms with Gasteiger partial charge in [-0.15, -0.1) is 0 Å².